The molecule has 1 aromatic heterocycles. The average molecular weight is 280 g/mol. The molecule has 0 aliphatic carbocycles. The highest BCUT2D eigenvalue weighted by atomic mass is 35.5. The van der Waals surface area contributed by atoms with Gasteiger partial charge >= 0.3 is 0 Å². The summed E-state index contributed by atoms with van der Waals surface area (Å²) in [6.07, 6.45) is 3.81. The summed E-state index contributed by atoms with van der Waals surface area (Å²) in [5.41, 5.74) is 1.57. The predicted octanol–water partition coefficient (Wildman–Crippen LogP) is 3.73. The molecule has 5 heteroatoms. The van der Waals surface area contributed by atoms with Gasteiger partial charge in [0.2, 0.25) is 0 Å². The van der Waals surface area contributed by atoms with Gasteiger partial charge < -0.3 is 5.32 Å². The largest absolute Gasteiger partial charge is 0.325 e. The third kappa shape index (κ3) is 4.48. The number of carbonyl (C=O) groups is 1. The number of anilines is 1. The van der Waals surface area contributed by atoms with E-state index in [0.717, 1.165) is 5.57 Å². The zero-order chi connectivity index (χ0) is 14.4. The second kappa shape index (κ2) is 7.04. The Labute approximate surface area is 118 Å². The molecule has 0 saturated carbocycles. The third-order valence-electron chi connectivity index (χ3n) is 2.40. The van der Waals surface area contributed by atoms with Gasteiger partial charge in [-0.1, -0.05) is 24.1 Å². The van der Waals surface area contributed by atoms with Crippen LogP contribution in [0.3, 0.4) is 0 Å². The fourth-order valence-corrected chi connectivity index (χ4v) is 1.71. The van der Waals surface area contributed by atoms with Crippen LogP contribution in [0.2, 0.25) is 5.02 Å². The lowest BCUT2D eigenvalue weighted by atomic mass is 10.1. The molecule has 19 heavy (non-hydrogen) atoms. The highest BCUT2D eigenvalue weighted by Crippen LogP contribution is 2.20. The quantitative estimate of drug-likeness (QED) is 0.519. The molecule has 0 bridgehead atoms. The minimum absolute atomic E-state index is 0.0160. The molecular weight excluding hydrogens is 262 g/mol. The van der Waals surface area contributed by atoms with Gasteiger partial charge in [0.1, 0.15) is 11.7 Å². The fourth-order valence-electron chi connectivity index (χ4n) is 1.46. The number of Topliss-reactive ketones (excluding diaryl/α,β-unsaturated/α-hetero) is 1. The zero-order valence-corrected chi connectivity index (χ0v) is 12.4. The van der Waals surface area contributed by atoms with E-state index in [1.54, 1.807) is 20.0 Å². The van der Waals surface area contributed by atoms with Gasteiger partial charge in [0.25, 0.3) is 0 Å². The van der Waals surface area contributed by atoms with Gasteiger partial charge in [-0.05, 0) is 19.9 Å². The van der Waals surface area contributed by atoms with Crippen molar-refractivity contribution in [3.63, 3.8) is 0 Å². The van der Waals surface area contributed by atoms with E-state index in [2.05, 4.69) is 15.3 Å². The number of nitrogens with zero attached hydrogens (tertiary/aromatic N) is 2. The molecule has 0 fully saturated rings. The lowest BCUT2D eigenvalue weighted by Gasteiger charge is -2.08. The van der Waals surface area contributed by atoms with Crippen molar-refractivity contribution in [2.75, 3.05) is 12.4 Å². The Balaban J connectivity index is 2.96. The van der Waals surface area contributed by atoms with Gasteiger partial charge in [-0.15, -0.1) is 0 Å². The van der Waals surface area contributed by atoms with Crippen molar-refractivity contribution < 1.29 is 4.79 Å². The van der Waals surface area contributed by atoms with Crippen molar-refractivity contribution >= 4 is 29.0 Å². The van der Waals surface area contributed by atoms with Crippen molar-refractivity contribution in [1.29, 1.82) is 0 Å². The van der Waals surface area contributed by atoms with Crippen LogP contribution in [-0.4, -0.2) is 23.7 Å². The topological polar surface area (TPSA) is 54.4 Å². The molecule has 1 N–H and O–H groups in total. The van der Waals surface area contributed by atoms with Crippen molar-refractivity contribution in [1.82, 2.24) is 4.98 Å². The average Bonchev–Trinajstić information content (AvgIpc) is 2.36. The SMILES string of the molecule is CCC(=O)c1cnc(NC(C=C(C)C)=NC)cc1Cl. The summed E-state index contributed by atoms with van der Waals surface area (Å²) in [5, 5.41) is 3.45. The van der Waals surface area contributed by atoms with Gasteiger partial charge in [-0.3, -0.25) is 9.79 Å². The number of ketones is 1. The van der Waals surface area contributed by atoms with Crippen molar-refractivity contribution in [3.05, 3.63) is 34.5 Å². The molecule has 0 amide bonds. The van der Waals surface area contributed by atoms with Crippen molar-refractivity contribution in [2.24, 2.45) is 4.99 Å². The van der Waals surface area contributed by atoms with Gasteiger partial charge in [0, 0.05) is 25.7 Å². The van der Waals surface area contributed by atoms with Crippen LogP contribution < -0.4 is 5.32 Å². The molecule has 1 heterocycles. The molecule has 0 aliphatic rings. The van der Waals surface area contributed by atoms with E-state index < -0.39 is 0 Å². The number of aliphatic imine (C=N–C) groups is 1. The Hall–Kier alpha value is -1.68. The minimum Gasteiger partial charge on any atom is -0.325 e. The van der Waals surface area contributed by atoms with Crippen LogP contribution in [0.15, 0.2) is 28.9 Å². The van der Waals surface area contributed by atoms with Crippen LogP contribution in [0.4, 0.5) is 5.82 Å². The Morgan fingerprint density at radius 1 is 1.53 bits per heavy atom. The summed E-state index contributed by atoms with van der Waals surface area (Å²) in [6.45, 7) is 5.76. The number of allylic oxidation sites excluding steroid dienone is 1. The fraction of sp³-hybridized carbons (Fsp3) is 0.357. The Kier molecular flexibility index (Phi) is 5.70. The summed E-state index contributed by atoms with van der Waals surface area (Å²) >= 11 is 6.08. The number of nitrogens with one attached hydrogen (secondary N) is 1. The molecule has 0 spiro atoms. The second-order valence-corrected chi connectivity index (χ2v) is 4.69. The molecule has 0 unspecified atom stereocenters. The Bertz CT molecular complexity index is 531. The first-order valence-corrected chi connectivity index (χ1v) is 6.43. The second-order valence-electron chi connectivity index (χ2n) is 4.28. The van der Waals surface area contributed by atoms with Crippen LogP contribution in [0.5, 0.6) is 0 Å². The van der Waals surface area contributed by atoms with E-state index in [4.69, 9.17) is 11.6 Å². The van der Waals surface area contributed by atoms with E-state index in [0.29, 0.717) is 28.7 Å². The maximum atomic E-state index is 11.6. The monoisotopic (exact) mass is 279 g/mol. The van der Waals surface area contributed by atoms with E-state index >= 15 is 0 Å². The van der Waals surface area contributed by atoms with Crippen LogP contribution in [0, 0.1) is 0 Å². The number of pyridine rings is 1. The molecular formula is C14H18ClN3O. The van der Waals surface area contributed by atoms with Gasteiger partial charge in [-0.2, -0.15) is 0 Å². The zero-order valence-electron chi connectivity index (χ0n) is 11.6. The van der Waals surface area contributed by atoms with E-state index in [1.165, 1.54) is 6.20 Å². The highest BCUT2D eigenvalue weighted by molar-refractivity contribution is 6.34. The van der Waals surface area contributed by atoms with Crippen LogP contribution in [-0.2, 0) is 0 Å². The number of rotatable bonds is 4. The summed E-state index contributed by atoms with van der Waals surface area (Å²) in [6, 6.07) is 1.63. The standard InChI is InChI=1S/C14H18ClN3O/c1-5-12(19)10-8-17-14(7-11(10)15)18-13(16-4)6-9(2)3/h6-8H,5H2,1-4H3,(H,16,17,18). The molecule has 0 radical (unpaired) electrons. The summed E-state index contributed by atoms with van der Waals surface area (Å²) in [5.74, 6) is 1.24. The van der Waals surface area contributed by atoms with Crippen molar-refractivity contribution in [2.45, 2.75) is 27.2 Å². The first-order valence-electron chi connectivity index (χ1n) is 6.05. The summed E-state index contributed by atoms with van der Waals surface area (Å²) < 4.78 is 0. The van der Waals surface area contributed by atoms with E-state index in [9.17, 15) is 4.79 Å². The van der Waals surface area contributed by atoms with E-state index in [-0.39, 0.29) is 5.78 Å². The number of aromatic nitrogens is 1. The van der Waals surface area contributed by atoms with Gasteiger partial charge in [0.15, 0.2) is 5.78 Å². The number of hydrogen-bond donors (Lipinski definition) is 1. The number of halogens is 1. The van der Waals surface area contributed by atoms with Crippen LogP contribution >= 0.6 is 11.6 Å². The normalized spacial score (nSPS) is 11.1. The van der Waals surface area contributed by atoms with Gasteiger partial charge in [0.05, 0.1) is 10.6 Å². The molecule has 0 aromatic carbocycles. The van der Waals surface area contributed by atoms with Gasteiger partial charge in [-0.25, -0.2) is 4.98 Å². The van der Waals surface area contributed by atoms with E-state index in [1.807, 2.05) is 19.9 Å². The lowest BCUT2D eigenvalue weighted by molar-refractivity contribution is 0.0988. The molecule has 4 nitrogen and oxygen atoms in total. The Morgan fingerprint density at radius 2 is 2.21 bits per heavy atom. The first-order chi connectivity index (χ1) is 8.97. The molecule has 0 atom stereocenters. The maximum Gasteiger partial charge on any atom is 0.165 e. The molecule has 1 rings (SSSR count). The molecule has 0 aliphatic heterocycles. The van der Waals surface area contributed by atoms with Crippen molar-refractivity contribution in [3.8, 4) is 0 Å². The van der Waals surface area contributed by atoms with Crippen LogP contribution in [0.1, 0.15) is 37.6 Å². The number of amidine groups is 1. The van der Waals surface area contributed by atoms with Crippen LogP contribution in [0.25, 0.3) is 0 Å². The first kappa shape index (κ1) is 15.4. The molecule has 102 valence electrons. The Morgan fingerprint density at radius 3 is 2.68 bits per heavy atom. The maximum absolute atomic E-state index is 11.6. The highest BCUT2D eigenvalue weighted by Gasteiger charge is 2.10. The molecule has 1 aromatic rings. The lowest BCUT2D eigenvalue weighted by Crippen LogP contribution is -2.11. The number of carbonyl (C=O) groups excluding carboxylic acids is 1. The summed E-state index contributed by atoms with van der Waals surface area (Å²) in [7, 11) is 1.69. The minimum atomic E-state index is -0.0160. The molecule has 0 saturated heterocycles. The summed E-state index contributed by atoms with van der Waals surface area (Å²) in [4.78, 5) is 19.9. The predicted molar refractivity (Wildman–Crippen MR) is 80.3 cm³/mol. The third-order valence-corrected chi connectivity index (χ3v) is 2.71. The smallest absolute Gasteiger partial charge is 0.165 e. The number of hydrogen-bond acceptors (Lipinski definition) is 3.